The number of thiazole rings is 1. The molecule has 0 radical (unpaired) electrons. The molecule has 2 heterocycles. The molecule has 4 nitrogen and oxygen atoms in total. The number of nitrogens with zero attached hydrogens (tertiary/aromatic N) is 2. The summed E-state index contributed by atoms with van der Waals surface area (Å²) in [5.41, 5.74) is 1.46. The van der Waals surface area contributed by atoms with Crippen LogP contribution in [0.2, 0.25) is 0 Å². The van der Waals surface area contributed by atoms with Crippen molar-refractivity contribution in [3.05, 3.63) is 34.1 Å². The highest BCUT2D eigenvalue weighted by molar-refractivity contribution is 7.14. The summed E-state index contributed by atoms with van der Waals surface area (Å²) in [5, 5.41) is 5.95. The average Bonchev–Trinajstić information content (AvgIpc) is 2.80. The van der Waals surface area contributed by atoms with Crippen LogP contribution in [0.1, 0.15) is 20.8 Å². The van der Waals surface area contributed by atoms with Crippen molar-refractivity contribution in [3.8, 4) is 11.3 Å². The number of nitrogens with one attached hydrogen (secondary N) is 1. The monoisotopic (exact) mass is 277 g/mol. The van der Waals surface area contributed by atoms with Crippen LogP contribution in [0.5, 0.6) is 0 Å². The summed E-state index contributed by atoms with van der Waals surface area (Å²) in [6, 6.07) is 3.75. The summed E-state index contributed by atoms with van der Waals surface area (Å²) in [6.07, 6.45) is 1.84. The third kappa shape index (κ3) is 3.23. The highest BCUT2D eigenvalue weighted by Gasteiger charge is 2.10. The van der Waals surface area contributed by atoms with E-state index in [0.717, 1.165) is 23.9 Å². The Labute approximate surface area is 117 Å². The fourth-order valence-electron chi connectivity index (χ4n) is 1.90. The van der Waals surface area contributed by atoms with Gasteiger partial charge in [-0.15, -0.1) is 11.3 Å². The summed E-state index contributed by atoms with van der Waals surface area (Å²) in [5.74, 6) is 0.445. The predicted octanol–water partition coefficient (Wildman–Crippen LogP) is 3.06. The third-order valence-corrected chi connectivity index (χ3v) is 3.49. The Morgan fingerprint density at radius 3 is 2.95 bits per heavy atom. The molecule has 0 spiro atoms. The molecular weight excluding hydrogens is 258 g/mol. The Morgan fingerprint density at radius 2 is 2.26 bits per heavy atom. The summed E-state index contributed by atoms with van der Waals surface area (Å²) < 4.78 is 1.76. The van der Waals surface area contributed by atoms with Crippen LogP contribution in [0.25, 0.3) is 11.3 Å². The molecule has 0 bridgehead atoms. The van der Waals surface area contributed by atoms with Crippen LogP contribution in [0.3, 0.4) is 0 Å². The molecule has 0 aromatic carbocycles. The zero-order chi connectivity index (χ0) is 13.8. The summed E-state index contributed by atoms with van der Waals surface area (Å²) in [7, 11) is 0. The first-order chi connectivity index (χ1) is 9.11. The summed E-state index contributed by atoms with van der Waals surface area (Å²) >= 11 is 1.53. The van der Waals surface area contributed by atoms with E-state index in [1.807, 2.05) is 30.6 Å². The summed E-state index contributed by atoms with van der Waals surface area (Å²) in [6.45, 7) is 7.80. The first kappa shape index (κ1) is 13.8. The van der Waals surface area contributed by atoms with Gasteiger partial charge in [-0.2, -0.15) is 0 Å². The predicted molar refractivity (Wildman–Crippen MR) is 80.8 cm³/mol. The largest absolute Gasteiger partial charge is 0.362 e. The summed E-state index contributed by atoms with van der Waals surface area (Å²) in [4.78, 5) is 16.8. The minimum absolute atomic E-state index is 0.0320. The molecule has 0 aliphatic rings. The number of pyridine rings is 1. The zero-order valence-corrected chi connectivity index (χ0v) is 12.3. The van der Waals surface area contributed by atoms with E-state index in [1.165, 1.54) is 11.3 Å². The minimum Gasteiger partial charge on any atom is -0.362 e. The second kappa shape index (κ2) is 6.02. The Kier molecular flexibility index (Phi) is 4.37. The molecule has 19 heavy (non-hydrogen) atoms. The Hall–Kier alpha value is -1.62. The molecule has 0 saturated carbocycles. The number of aromatic nitrogens is 2. The van der Waals surface area contributed by atoms with Crippen LogP contribution in [-0.4, -0.2) is 16.1 Å². The van der Waals surface area contributed by atoms with Crippen LogP contribution in [0.15, 0.2) is 28.5 Å². The minimum atomic E-state index is 0.0320. The van der Waals surface area contributed by atoms with Crippen molar-refractivity contribution in [3.63, 3.8) is 0 Å². The van der Waals surface area contributed by atoms with Crippen LogP contribution >= 0.6 is 11.3 Å². The van der Waals surface area contributed by atoms with E-state index in [9.17, 15) is 4.79 Å². The van der Waals surface area contributed by atoms with Gasteiger partial charge >= 0.3 is 0 Å². The molecule has 0 amide bonds. The van der Waals surface area contributed by atoms with Gasteiger partial charge in [0.15, 0.2) is 5.13 Å². The van der Waals surface area contributed by atoms with Gasteiger partial charge in [-0.05, 0) is 25.0 Å². The third-order valence-electron chi connectivity index (χ3n) is 2.69. The molecular formula is C14H19N3OS. The van der Waals surface area contributed by atoms with Gasteiger partial charge in [0.1, 0.15) is 0 Å². The first-order valence-corrected chi connectivity index (χ1v) is 7.39. The van der Waals surface area contributed by atoms with Crippen LogP contribution in [0.4, 0.5) is 5.13 Å². The second-order valence-corrected chi connectivity index (χ2v) is 5.70. The second-order valence-electron chi connectivity index (χ2n) is 4.84. The average molecular weight is 277 g/mol. The van der Waals surface area contributed by atoms with Gasteiger partial charge in [0.05, 0.1) is 11.3 Å². The van der Waals surface area contributed by atoms with Crippen LogP contribution in [-0.2, 0) is 6.54 Å². The molecule has 102 valence electrons. The molecule has 2 aromatic heterocycles. The molecule has 5 heteroatoms. The standard InChI is InChI=1S/C14H19N3OS/c1-4-15-14-16-12(9-19-14)11-6-5-7-17(13(11)18)8-10(2)3/h5-7,9-10H,4,8H2,1-3H3,(H,15,16). The normalized spacial score (nSPS) is 10.9. The van der Waals surface area contributed by atoms with Crippen molar-refractivity contribution >= 4 is 16.5 Å². The van der Waals surface area contributed by atoms with Crippen molar-refractivity contribution in [1.29, 1.82) is 0 Å². The first-order valence-electron chi connectivity index (χ1n) is 6.51. The molecule has 0 aliphatic carbocycles. The lowest BCUT2D eigenvalue weighted by molar-refractivity contribution is 0.511. The quantitative estimate of drug-likeness (QED) is 0.913. The van der Waals surface area contributed by atoms with Gasteiger partial charge in [-0.3, -0.25) is 4.79 Å². The van der Waals surface area contributed by atoms with E-state index in [-0.39, 0.29) is 5.56 Å². The van der Waals surface area contributed by atoms with Crippen molar-refractivity contribution in [2.75, 3.05) is 11.9 Å². The lowest BCUT2D eigenvalue weighted by Gasteiger charge is -2.09. The SMILES string of the molecule is CCNc1nc(-c2cccn(CC(C)C)c2=O)cs1. The van der Waals surface area contributed by atoms with Crippen molar-refractivity contribution in [2.45, 2.75) is 27.3 Å². The lowest BCUT2D eigenvalue weighted by Crippen LogP contribution is -2.23. The van der Waals surface area contributed by atoms with E-state index in [0.29, 0.717) is 11.5 Å². The van der Waals surface area contributed by atoms with Gasteiger partial charge in [-0.25, -0.2) is 4.98 Å². The van der Waals surface area contributed by atoms with Crippen LogP contribution in [0, 0.1) is 5.92 Å². The Bertz CT molecular complexity index is 601. The van der Waals surface area contributed by atoms with E-state index in [4.69, 9.17) is 0 Å². The smallest absolute Gasteiger partial charge is 0.260 e. The van der Waals surface area contributed by atoms with E-state index in [1.54, 1.807) is 4.57 Å². The molecule has 2 aromatic rings. The van der Waals surface area contributed by atoms with E-state index < -0.39 is 0 Å². The molecule has 0 saturated heterocycles. The van der Waals surface area contributed by atoms with Crippen LogP contribution < -0.4 is 10.9 Å². The number of rotatable bonds is 5. The van der Waals surface area contributed by atoms with E-state index in [2.05, 4.69) is 24.1 Å². The molecule has 0 fully saturated rings. The van der Waals surface area contributed by atoms with Crippen molar-refractivity contribution in [1.82, 2.24) is 9.55 Å². The van der Waals surface area contributed by atoms with Gasteiger partial charge < -0.3 is 9.88 Å². The maximum atomic E-state index is 12.4. The van der Waals surface area contributed by atoms with E-state index >= 15 is 0 Å². The maximum Gasteiger partial charge on any atom is 0.260 e. The number of hydrogen-bond donors (Lipinski definition) is 1. The Balaban J connectivity index is 2.36. The van der Waals surface area contributed by atoms with Gasteiger partial charge in [0.25, 0.3) is 5.56 Å². The number of hydrogen-bond acceptors (Lipinski definition) is 4. The van der Waals surface area contributed by atoms with Crippen molar-refractivity contribution in [2.24, 2.45) is 5.92 Å². The molecule has 2 rings (SSSR count). The highest BCUT2D eigenvalue weighted by Crippen LogP contribution is 2.22. The molecule has 0 atom stereocenters. The lowest BCUT2D eigenvalue weighted by atomic mass is 10.2. The zero-order valence-electron chi connectivity index (χ0n) is 11.5. The number of anilines is 1. The molecule has 1 N–H and O–H groups in total. The van der Waals surface area contributed by atoms with Gasteiger partial charge in [-0.1, -0.05) is 13.8 Å². The fraction of sp³-hybridized carbons (Fsp3) is 0.429. The van der Waals surface area contributed by atoms with Gasteiger partial charge in [0.2, 0.25) is 0 Å². The highest BCUT2D eigenvalue weighted by atomic mass is 32.1. The molecule has 0 aliphatic heterocycles. The van der Waals surface area contributed by atoms with Gasteiger partial charge in [0, 0.05) is 24.7 Å². The topological polar surface area (TPSA) is 46.9 Å². The van der Waals surface area contributed by atoms with Crippen molar-refractivity contribution < 1.29 is 0 Å². The Morgan fingerprint density at radius 1 is 1.47 bits per heavy atom. The molecule has 0 unspecified atom stereocenters. The maximum absolute atomic E-state index is 12.4. The fourth-order valence-corrected chi connectivity index (χ4v) is 2.68.